The standard InChI is InChI=1S/C38H51N4O2S2/c1-31(37-9-5-7-19-41(37)21-25-43)29-33-11-15-35(16-12-33)39(3)23-27-45-46-28-24-40(4)36-17-13-34(14-18-36)30-32(2)38-10-6-8-20-42(38)22-26-44/h5-13,15-17,20,29-30,43-44H,14,18-19,21-28H2,1-4H3/q+1/b31-29+. The highest BCUT2D eigenvalue weighted by Gasteiger charge is 2.14. The number of allylic oxidation sites excluding steroid dienone is 9. The first kappa shape index (κ1) is 35.7. The van der Waals surface area contributed by atoms with Crippen molar-refractivity contribution in [3.05, 3.63) is 119 Å². The molecule has 2 aliphatic rings. The zero-order valence-corrected chi connectivity index (χ0v) is 29.6. The Kier molecular flexibility index (Phi) is 14.6. The van der Waals surface area contributed by atoms with Crippen LogP contribution in [0.1, 0.15) is 37.9 Å². The molecular weight excluding hydrogens is 609 g/mol. The highest BCUT2D eigenvalue weighted by Crippen LogP contribution is 2.27. The van der Waals surface area contributed by atoms with Crippen LogP contribution in [-0.2, 0) is 6.54 Å². The molecule has 2 aromatic rings. The van der Waals surface area contributed by atoms with Crippen LogP contribution in [0.5, 0.6) is 0 Å². The lowest BCUT2D eigenvalue weighted by Gasteiger charge is -2.28. The largest absolute Gasteiger partial charge is 0.395 e. The number of pyridine rings is 1. The summed E-state index contributed by atoms with van der Waals surface area (Å²) in [6.07, 6.45) is 19.5. The number of aliphatic hydroxyl groups is 2. The van der Waals surface area contributed by atoms with Crippen LogP contribution in [0.2, 0.25) is 0 Å². The Morgan fingerprint density at radius 1 is 0.870 bits per heavy atom. The molecule has 2 heterocycles. The van der Waals surface area contributed by atoms with Gasteiger partial charge in [-0.05, 0) is 85.9 Å². The van der Waals surface area contributed by atoms with Crippen molar-refractivity contribution >= 4 is 38.9 Å². The van der Waals surface area contributed by atoms with Crippen LogP contribution >= 0.6 is 21.6 Å². The summed E-state index contributed by atoms with van der Waals surface area (Å²) >= 11 is 0. The quantitative estimate of drug-likeness (QED) is 0.113. The maximum atomic E-state index is 9.40. The van der Waals surface area contributed by atoms with E-state index in [-0.39, 0.29) is 13.2 Å². The molecule has 0 amide bonds. The van der Waals surface area contributed by atoms with Gasteiger partial charge in [-0.3, -0.25) is 0 Å². The molecule has 0 unspecified atom stereocenters. The van der Waals surface area contributed by atoms with Crippen LogP contribution < -0.4 is 9.47 Å². The Balaban J connectivity index is 1.16. The normalized spacial score (nSPS) is 15.4. The minimum atomic E-state index is 0.141. The number of aromatic nitrogens is 1. The van der Waals surface area contributed by atoms with Gasteiger partial charge in [0.05, 0.1) is 6.61 Å². The average molecular weight is 660 g/mol. The van der Waals surface area contributed by atoms with Crippen molar-refractivity contribution in [2.75, 3.05) is 69.9 Å². The topological polar surface area (TPSA) is 54.1 Å². The summed E-state index contributed by atoms with van der Waals surface area (Å²) in [5, 5.41) is 18.8. The van der Waals surface area contributed by atoms with Gasteiger partial charge in [0.1, 0.15) is 6.61 Å². The van der Waals surface area contributed by atoms with E-state index in [9.17, 15) is 10.2 Å². The number of hydrogen-bond donors (Lipinski definition) is 2. The molecule has 0 saturated heterocycles. The lowest BCUT2D eigenvalue weighted by Crippen LogP contribution is -2.38. The lowest BCUT2D eigenvalue weighted by molar-refractivity contribution is -0.700. The number of hydrogen-bond acceptors (Lipinski definition) is 7. The van der Waals surface area contributed by atoms with Gasteiger partial charge in [0.2, 0.25) is 5.69 Å². The minimum absolute atomic E-state index is 0.141. The van der Waals surface area contributed by atoms with E-state index in [1.54, 1.807) is 0 Å². The van der Waals surface area contributed by atoms with Crippen LogP contribution in [0.15, 0.2) is 108 Å². The second kappa shape index (κ2) is 18.8. The highest BCUT2D eigenvalue weighted by molar-refractivity contribution is 8.76. The molecule has 2 N–H and O–H groups in total. The molecule has 1 aromatic carbocycles. The molecule has 0 fully saturated rings. The number of β-amino-alcohol motifs (C(OH)–C–C–N with tert-alkyl or cyclic N) is 1. The molecule has 246 valence electrons. The van der Waals surface area contributed by atoms with Gasteiger partial charge < -0.3 is 24.9 Å². The van der Waals surface area contributed by atoms with Crippen molar-refractivity contribution in [3.8, 4) is 0 Å². The maximum absolute atomic E-state index is 9.40. The van der Waals surface area contributed by atoms with E-state index in [1.165, 1.54) is 39.4 Å². The molecule has 8 heteroatoms. The number of rotatable bonds is 17. The molecule has 1 aromatic heterocycles. The summed E-state index contributed by atoms with van der Waals surface area (Å²) < 4.78 is 2.11. The van der Waals surface area contributed by atoms with E-state index >= 15 is 0 Å². The van der Waals surface area contributed by atoms with E-state index in [2.05, 4.69) is 126 Å². The molecule has 0 bridgehead atoms. The molecule has 0 saturated carbocycles. The minimum Gasteiger partial charge on any atom is -0.395 e. The van der Waals surface area contributed by atoms with Crippen molar-refractivity contribution in [3.63, 3.8) is 0 Å². The Morgan fingerprint density at radius 2 is 1.63 bits per heavy atom. The van der Waals surface area contributed by atoms with Crippen molar-refractivity contribution in [2.24, 2.45) is 0 Å². The maximum Gasteiger partial charge on any atom is 0.208 e. The summed E-state index contributed by atoms with van der Waals surface area (Å²) in [5.41, 5.74) is 9.93. The first-order valence-corrected chi connectivity index (χ1v) is 18.7. The third-order valence-electron chi connectivity index (χ3n) is 8.39. The van der Waals surface area contributed by atoms with Crippen molar-refractivity contribution < 1.29 is 14.8 Å². The SMILES string of the molecule is C/C(=C\c1ccc(N(C)CCSSCCN(C)C2=CC=C(/C=C(\C)c3cccc[n+]3CCO)CC2)cc1)C1=CC=CCN1CCO. The van der Waals surface area contributed by atoms with Gasteiger partial charge in [-0.25, -0.2) is 0 Å². The van der Waals surface area contributed by atoms with Crippen LogP contribution in [0.3, 0.4) is 0 Å². The summed E-state index contributed by atoms with van der Waals surface area (Å²) in [6, 6.07) is 15.0. The Bertz CT molecular complexity index is 1460. The van der Waals surface area contributed by atoms with Gasteiger partial charge in [-0.1, -0.05) is 51.9 Å². The highest BCUT2D eigenvalue weighted by atomic mass is 33.1. The smallest absolute Gasteiger partial charge is 0.208 e. The molecule has 1 aliphatic heterocycles. The third kappa shape index (κ3) is 10.7. The monoisotopic (exact) mass is 659 g/mol. The van der Waals surface area contributed by atoms with Crippen molar-refractivity contribution in [1.82, 2.24) is 9.80 Å². The van der Waals surface area contributed by atoms with Gasteiger partial charge in [0.25, 0.3) is 0 Å². The predicted molar refractivity (Wildman–Crippen MR) is 200 cm³/mol. The zero-order chi connectivity index (χ0) is 32.7. The molecule has 0 spiro atoms. The summed E-state index contributed by atoms with van der Waals surface area (Å²) in [4.78, 5) is 6.94. The van der Waals surface area contributed by atoms with Crippen molar-refractivity contribution in [1.29, 1.82) is 0 Å². The fourth-order valence-corrected chi connectivity index (χ4v) is 7.81. The predicted octanol–water partition coefficient (Wildman–Crippen LogP) is 6.57. The van der Waals surface area contributed by atoms with E-state index in [0.29, 0.717) is 13.1 Å². The fourth-order valence-electron chi connectivity index (χ4n) is 5.72. The van der Waals surface area contributed by atoms with Gasteiger partial charge in [-0.2, -0.15) is 4.57 Å². The number of benzene rings is 1. The fraction of sp³-hybridized carbons (Fsp3) is 0.395. The van der Waals surface area contributed by atoms with E-state index in [1.807, 2.05) is 33.9 Å². The number of anilines is 1. The summed E-state index contributed by atoms with van der Waals surface area (Å²) in [6.45, 7) is 8.74. The Hall–Kier alpha value is -3.17. The first-order valence-electron chi connectivity index (χ1n) is 16.3. The molecule has 46 heavy (non-hydrogen) atoms. The van der Waals surface area contributed by atoms with Gasteiger partial charge >= 0.3 is 0 Å². The first-order chi connectivity index (χ1) is 22.4. The zero-order valence-electron chi connectivity index (χ0n) is 27.9. The second-order valence-corrected chi connectivity index (χ2v) is 14.5. The van der Waals surface area contributed by atoms with Gasteiger partial charge in [0, 0.05) is 86.6 Å². The number of nitrogens with zero attached hydrogens (tertiary/aromatic N) is 4. The Labute approximate surface area is 284 Å². The molecule has 1 aliphatic carbocycles. The van der Waals surface area contributed by atoms with Crippen molar-refractivity contribution in [2.45, 2.75) is 33.2 Å². The van der Waals surface area contributed by atoms with E-state index in [4.69, 9.17) is 0 Å². The second-order valence-electron chi connectivity index (χ2n) is 11.8. The lowest BCUT2D eigenvalue weighted by atomic mass is 9.99. The van der Waals surface area contributed by atoms with Gasteiger partial charge in [0.15, 0.2) is 12.7 Å². The molecule has 0 radical (unpaired) electrons. The van der Waals surface area contributed by atoms with Gasteiger partial charge in [-0.15, -0.1) is 0 Å². The molecule has 0 atom stereocenters. The van der Waals surface area contributed by atoms with Crippen LogP contribution in [0, 0.1) is 0 Å². The van der Waals surface area contributed by atoms with Crippen LogP contribution in [-0.4, -0.2) is 85.0 Å². The Morgan fingerprint density at radius 3 is 2.33 bits per heavy atom. The average Bonchev–Trinajstić information content (AvgIpc) is 3.07. The molecule has 4 rings (SSSR count). The van der Waals surface area contributed by atoms with Crippen LogP contribution in [0.25, 0.3) is 11.6 Å². The molecule has 6 nitrogen and oxygen atoms in total. The summed E-state index contributed by atoms with van der Waals surface area (Å²) in [7, 11) is 8.29. The van der Waals surface area contributed by atoms with E-state index in [0.717, 1.165) is 49.7 Å². The number of aliphatic hydroxyl groups excluding tert-OH is 2. The van der Waals surface area contributed by atoms with Crippen LogP contribution in [0.4, 0.5) is 5.69 Å². The summed E-state index contributed by atoms with van der Waals surface area (Å²) in [5.74, 6) is 2.17. The molecular formula is C38H51N4O2S2+. The van der Waals surface area contributed by atoms with E-state index < -0.39 is 0 Å². The third-order valence-corrected chi connectivity index (χ3v) is 10.8.